The van der Waals surface area contributed by atoms with E-state index in [1.54, 1.807) is 0 Å². The first-order valence-electron chi connectivity index (χ1n) is 5.59. The van der Waals surface area contributed by atoms with Crippen LogP contribution in [-0.2, 0) is 6.42 Å². The van der Waals surface area contributed by atoms with Crippen molar-refractivity contribution >= 4 is 29.6 Å². The molecule has 1 atom stereocenters. The highest BCUT2D eigenvalue weighted by Gasteiger charge is 2.12. The van der Waals surface area contributed by atoms with Crippen LogP contribution >= 0.6 is 11.1 Å². The topological polar surface area (TPSA) is 0 Å². The van der Waals surface area contributed by atoms with Crippen molar-refractivity contribution in [1.29, 1.82) is 0 Å². The summed E-state index contributed by atoms with van der Waals surface area (Å²) in [6.45, 7) is 2.17. The van der Waals surface area contributed by atoms with Gasteiger partial charge in [0.1, 0.15) is 0 Å². The van der Waals surface area contributed by atoms with Crippen molar-refractivity contribution < 1.29 is 0 Å². The molecule has 2 aromatic carbocycles. The average molecular weight is 247 g/mol. The Bertz CT molecular complexity index is 436. The van der Waals surface area contributed by atoms with E-state index in [2.05, 4.69) is 55.5 Å². The van der Waals surface area contributed by atoms with Crippen LogP contribution in [0, 0.1) is 0 Å². The maximum Gasteiger partial charge on any atom is 0.201 e. The first kappa shape index (κ1) is 11.4. The van der Waals surface area contributed by atoms with Gasteiger partial charge in [0, 0.05) is 0 Å². The number of halogens is 1. The summed E-state index contributed by atoms with van der Waals surface area (Å²) in [5.74, 6) is 0. The molecule has 0 amide bonds. The van der Waals surface area contributed by atoms with Gasteiger partial charge in [0.05, 0.1) is 0 Å². The molecule has 0 aliphatic carbocycles. The molecule has 0 spiro atoms. The van der Waals surface area contributed by atoms with Crippen LogP contribution in [0.5, 0.6) is 0 Å². The third kappa shape index (κ3) is 2.54. The van der Waals surface area contributed by atoms with E-state index >= 15 is 0 Å². The van der Waals surface area contributed by atoms with E-state index in [0.717, 1.165) is 6.42 Å². The maximum absolute atomic E-state index is 6.57. The smallest absolute Gasteiger partial charge is 0.159 e. The Morgan fingerprint density at radius 3 is 2.00 bits per heavy atom. The molecule has 0 saturated heterocycles. The predicted octanol–water partition coefficient (Wildman–Crippen LogP) is 2.33. The van der Waals surface area contributed by atoms with E-state index in [4.69, 9.17) is 11.1 Å². The van der Waals surface area contributed by atoms with Crippen LogP contribution in [0.1, 0.15) is 12.5 Å². The number of rotatable bonds is 3. The lowest BCUT2D eigenvalue weighted by atomic mass is 10.2. The van der Waals surface area contributed by atoms with Crippen molar-refractivity contribution in [3.05, 3.63) is 60.2 Å². The molecular formula is C14H15ClSi. The highest BCUT2D eigenvalue weighted by atomic mass is 35.6. The van der Waals surface area contributed by atoms with Crippen molar-refractivity contribution in [1.82, 2.24) is 0 Å². The maximum atomic E-state index is 6.57. The molecule has 0 saturated carbocycles. The molecule has 0 aliphatic rings. The van der Waals surface area contributed by atoms with Crippen molar-refractivity contribution in [3.8, 4) is 0 Å². The molecule has 2 heteroatoms. The van der Waals surface area contributed by atoms with Crippen LogP contribution in [0.3, 0.4) is 0 Å². The molecule has 0 fully saturated rings. The lowest BCUT2D eigenvalue weighted by Crippen LogP contribution is -2.36. The molecule has 0 aliphatic heterocycles. The molecule has 0 heterocycles. The second-order valence-electron chi connectivity index (χ2n) is 3.87. The van der Waals surface area contributed by atoms with Crippen LogP contribution in [0.15, 0.2) is 54.6 Å². The highest BCUT2D eigenvalue weighted by Crippen LogP contribution is 2.01. The Morgan fingerprint density at radius 1 is 0.875 bits per heavy atom. The summed E-state index contributed by atoms with van der Waals surface area (Å²) in [7, 11) is -1.48. The summed E-state index contributed by atoms with van der Waals surface area (Å²) < 4.78 is 0. The molecule has 0 nitrogen and oxygen atoms in total. The number of hydrogen-bond donors (Lipinski definition) is 0. The van der Waals surface area contributed by atoms with Gasteiger partial charge in [-0.1, -0.05) is 61.5 Å². The Hall–Kier alpha value is -1.05. The Balaban J connectivity index is 2.24. The van der Waals surface area contributed by atoms with Gasteiger partial charge in [0.15, 0.2) is 0 Å². The van der Waals surface area contributed by atoms with E-state index in [0.29, 0.717) is 0 Å². The fourth-order valence-electron chi connectivity index (χ4n) is 1.74. The fraction of sp³-hybridized carbons (Fsp3) is 0.143. The summed E-state index contributed by atoms with van der Waals surface area (Å²) in [4.78, 5) is 0. The second kappa shape index (κ2) is 5.33. The molecule has 0 aromatic heterocycles. The second-order valence-corrected chi connectivity index (χ2v) is 7.24. The monoisotopic (exact) mass is 246 g/mol. The molecule has 16 heavy (non-hydrogen) atoms. The summed E-state index contributed by atoms with van der Waals surface area (Å²) in [6.07, 6.45) is 1.08. The molecule has 0 N–H and O–H groups in total. The minimum atomic E-state index is -1.48. The summed E-state index contributed by atoms with van der Waals surface area (Å²) in [6, 6.07) is 19.1. The minimum absolute atomic E-state index is 1.08. The van der Waals surface area contributed by atoms with Gasteiger partial charge in [-0.15, -0.1) is 0 Å². The lowest BCUT2D eigenvalue weighted by Gasteiger charge is -2.08. The summed E-state index contributed by atoms with van der Waals surface area (Å²) in [5.41, 5.74) is 1.37. The zero-order valence-corrected chi connectivity index (χ0v) is 11.3. The van der Waals surface area contributed by atoms with Gasteiger partial charge in [-0.2, -0.15) is 11.1 Å². The highest BCUT2D eigenvalue weighted by molar-refractivity contribution is 7.21. The van der Waals surface area contributed by atoms with Crippen LogP contribution < -0.4 is 10.4 Å². The Morgan fingerprint density at radius 2 is 1.44 bits per heavy atom. The first-order valence-corrected chi connectivity index (χ1v) is 8.49. The molecule has 0 radical (unpaired) electrons. The first-order chi connectivity index (χ1) is 7.81. The van der Waals surface area contributed by atoms with Crippen LogP contribution in [-0.4, -0.2) is 8.11 Å². The van der Waals surface area contributed by atoms with Crippen LogP contribution in [0.2, 0.25) is 0 Å². The number of aryl methyl sites for hydroxylation is 1. The molecular weight excluding hydrogens is 232 g/mol. The number of hydrogen-bond acceptors (Lipinski definition) is 0. The van der Waals surface area contributed by atoms with E-state index in [1.807, 2.05) is 6.07 Å². The summed E-state index contributed by atoms with van der Waals surface area (Å²) in [5, 5.41) is 2.58. The third-order valence-corrected chi connectivity index (χ3v) is 6.23. The molecule has 82 valence electrons. The van der Waals surface area contributed by atoms with Crippen LogP contribution in [0.25, 0.3) is 0 Å². The number of benzene rings is 2. The lowest BCUT2D eigenvalue weighted by molar-refractivity contribution is 1.14. The average Bonchev–Trinajstić information content (AvgIpc) is 2.39. The quantitative estimate of drug-likeness (QED) is 0.576. The van der Waals surface area contributed by atoms with Gasteiger partial charge in [-0.25, -0.2) is 0 Å². The van der Waals surface area contributed by atoms with Gasteiger partial charge in [0.2, 0.25) is 8.11 Å². The molecule has 0 bridgehead atoms. The largest absolute Gasteiger partial charge is 0.201 e. The predicted molar refractivity (Wildman–Crippen MR) is 74.5 cm³/mol. The van der Waals surface area contributed by atoms with E-state index in [-0.39, 0.29) is 0 Å². The fourth-order valence-corrected chi connectivity index (χ4v) is 4.09. The third-order valence-electron chi connectivity index (χ3n) is 2.77. The zero-order valence-electron chi connectivity index (χ0n) is 9.36. The van der Waals surface area contributed by atoms with Crippen molar-refractivity contribution in [2.75, 3.05) is 0 Å². The van der Waals surface area contributed by atoms with Gasteiger partial charge in [-0.3, -0.25) is 0 Å². The van der Waals surface area contributed by atoms with Crippen molar-refractivity contribution in [3.63, 3.8) is 0 Å². The minimum Gasteiger partial charge on any atom is -0.159 e. The van der Waals surface area contributed by atoms with Gasteiger partial charge in [-0.05, 0) is 22.4 Å². The van der Waals surface area contributed by atoms with Gasteiger partial charge < -0.3 is 0 Å². The van der Waals surface area contributed by atoms with E-state index in [1.165, 1.54) is 15.9 Å². The van der Waals surface area contributed by atoms with E-state index in [9.17, 15) is 0 Å². The van der Waals surface area contributed by atoms with E-state index < -0.39 is 8.11 Å². The Labute approximate surface area is 103 Å². The van der Waals surface area contributed by atoms with Crippen molar-refractivity contribution in [2.45, 2.75) is 13.3 Å². The molecule has 2 aromatic rings. The SMILES string of the molecule is CCc1ccc([SiH](Cl)c2ccccc2)cc1. The standard InChI is InChI=1S/C14H15ClSi/c1-2-12-8-10-14(11-9-12)16(15)13-6-4-3-5-7-13/h3-11,16H,2H2,1H3. The molecule has 1 unspecified atom stereocenters. The van der Waals surface area contributed by atoms with Gasteiger partial charge in [0.25, 0.3) is 0 Å². The Kier molecular flexibility index (Phi) is 3.81. The normalized spacial score (nSPS) is 12.4. The summed E-state index contributed by atoms with van der Waals surface area (Å²) >= 11 is 6.57. The zero-order chi connectivity index (χ0) is 11.4. The van der Waals surface area contributed by atoms with Crippen molar-refractivity contribution in [2.24, 2.45) is 0 Å². The molecule has 2 rings (SSSR count). The van der Waals surface area contributed by atoms with Gasteiger partial charge >= 0.3 is 0 Å². The van der Waals surface area contributed by atoms with Crippen LogP contribution in [0.4, 0.5) is 0 Å².